The minimum absolute atomic E-state index is 0.175. The minimum Gasteiger partial charge on any atom is -0.346 e. The molecular formula is C22H15N3O2. The number of nitrogens with zero attached hydrogens (tertiary/aromatic N) is 1. The summed E-state index contributed by atoms with van der Waals surface area (Å²) in [7, 11) is 0. The van der Waals surface area contributed by atoms with Crippen LogP contribution in [0, 0.1) is 0 Å². The molecule has 27 heavy (non-hydrogen) atoms. The van der Waals surface area contributed by atoms with Crippen molar-refractivity contribution in [1.82, 2.24) is 15.3 Å². The number of hydrogen-bond donors (Lipinski definition) is 2. The number of hydrogen-bond acceptors (Lipinski definition) is 3. The molecule has 5 heteroatoms. The maximum atomic E-state index is 13.1. The molecule has 2 aliphatic carbocycles. The molecule has 130 valence electrons. The highest BCUT2D eigenvalue weighted by molar-refractivity contribution is 6.06. The first kappa shape index (κ1) is 15.6. The lowest BCUT2D eigenvalue weighted by atomic mass is 9.92. The van der Waals surface area contributed by atoms with Gasteiger partial charge in [0.25, 0.3) is 5.91 Å². The summed E-state index contributed by atoms with van der Waals surface area (Å²) in [6.07, 6.45) is 7.89. The number of pyridine rings is 1. The summed E-state index contributed by atoms with van der Waals surface area (Å²) in [5, 5.41) is 3.92. The first-order valence-corrected chi connectivity index (χ1v) is 8.75. The lowest BCUT2D eigenvalue weighted by molar-refractivity contribution is 0.0945. The second-order valence-electron chi connectivity index (χ2n) is 6.61. The predicted octanol–water partition coefficient (Wildman–Crippen LogP) is 3.52. The molecule has 0 bridgehead atoms. The van der Waals surface area contributed by atoms with Gasteiger partial charge in [-0.1, -0.05) is 36.4 Å². The standard InChI is InChI=1S/C22H15N3O2/c26-12-13-4-3-7-18-19(13)14-5-1-2-6-15(14)20(18)25-22(27)17-9-11-24-21-16(17)8-10-23-21/h1-3,5-11,20H,4H2,(H,23,24)(H,25,27). The number of aromatic nitrogens is 2. The lowest BCUT2D eigenvalue weighted by Gasteiger charge is -2.18. The summed E-state index contributed by atoms with van der Waals surface area (Å²) in [6.45, 7) is 0. The Morgan fingerprint density at radius 3 is 3.00 bits per heavy atom. The summed E-state index contributed by atoms with van der Waals surface area (Å²) in [5.41, 5.74) is 5.70. The summed E-state index contributed by atoms with van der Waals surface area (Å²) < 4.78 is 0. The van der Waals surface area contributed by atoms with Gasteiger partial charge in [0.2, 0.25) is 0 Å². The van der Waals surface area contributed by atoms with Gasteiger partial charge >= 0.3 is 0 Å². The van der Waals surface area contributed by atoms with Crippen molar-refractivity contribution in [2.45, 2.75) is 12.5 Å². The molecule has 2 heterocycles. The van der Waals surface area contributed by atoms with E-state index in [-0.39, 0.29) is 11.9 Å². The molecule has 1 atom stereocenters. The van der Waals surface area contributed by atoms with Crippen molar-refractivity contribution in [1.29, 1.82) is 0 Å². The van der Waals surface area contributed by atoms with Crippen molar-refractivity contribution in [3.63, 3.8) is 0 Å². The number of benzene rings is 1. The quantitative estimate of drug-likeness (QED) is 0.692. The van der Waals surface area contributed by atoms with Crippen LogP contribution in [0.5, 0.6) is 0 Å². The summed E-state index contributed by atoms with van der Waals surface area (Å²) in [4.78, 5) is 31.8. The fourth-order valence-corrected chi connectivity index (χ4v) is 3.98. The maximum Gasteiger partial charge on any atom is 0.252 e. The topological polar surface area (TPSA) is 74.8 Å². The zero-order valence-electron chi connectivity index (χ0n) is 14.3. The first-order chi connectivity index (χ1) is 13.3. The van der Waals surface area contributed by atoms with Gasteiger partial charge in [-0.2, -0.15) is 0 Å². The summed E-state index contributed by atoms with van der Waals surface area (Å²) >= 11 is 0. The van der Waals surface area contributed by atoms with E-state index < -0.39 is 0 Å². The van der Waals surface area contributed by atoms with Crippen LogP contribution in [0.3, 0.4) is 0 Å². The maximum absolute atomic E-state index is 13.1. The summed E-state index contributed by atoms with van der Waals surface area (Å²) in [5.74, 6) is 1.90. The molecular weight excluding hydrogens is 338 g/mol. The van der Waals surface area contributed by atoms with Crippen LogP contribution in [0.2, 0.25) is 0 Å². The van der Waals surface area contributed by atoms with E-state index in [1.807, 2.05) is 42.5 Å². The number of nitrogens with one attached hydrogen (secondary N) is 2. The van der Waals surface area contributed by atoms with Gasteiger partial charge in [0.15, 0.2) is 0 Å². The third-order valence-corrected chi connectivity index (χ3v) is 5.17. The molecule has 2 aliphatic rings. The largest absolute Gasteiger partial charge is 0.346 e. The number of carbonyl (C=O) groups is 1. The Hall–Kier alpha value is -3.69. The molecule has 0 saturated carbocycles. The molecule has 1 aromatic carbocycles. The van der Waals surface area contributed by atoms with Crippen molar-refractivity contribution >= 4 is 28.5 Å². The Kier molecular flexibility index (Phi) is 3.42. The van der Waals surface area contributed by atoms with Crippen LogP contribution in [0.25, 0.3) is 16.6 Å². The van der Waals surface area contributed by atoms with Crippen LogP contribution >= 0.6 is 0 Å². The van der Waals surface area contributed by atoms with E-state index in [9.17, 15) is 9.59 Å². The van der Waals surface area contributed by atoms with Crippen molar-refractivity contribution in [3.05, 3.63) is 88.8 Å². The average molecular weight is 353 g/mol. The number of aromatic amines is 1. The molecule has 1 amide bonds. The normalized spacial score (nSPS) is 17.6. The third kappa shape index (κ3) is 2.30. The van der Waals surface area contributed by atoms with Gasteiger partial charge in [-0.3, -0.25) is 4.79 Å². The number of carbonyl (C=O) groups excluding carboxylic acids is 2. The number of allylic oxidation sites excluding steroid dienone is 3. The van der Waals surface area contributed by atoms with Crippen LogP contribution in [0.4, 0.5) is 0 Å². The highest BCUT2D eigenvalue weighted by atomic mass is 16.1. The molecule has 5 rings (SSSR count). The Bertz CT molecular complexity index is 1210. The minimum atomic E-state index is -0.300. The smallest absolute Gasteiger partial charge is 0.252 e. The molecule has 0 radical (unpaired) electrons. The molecule has 2 aromatic heterocycles. The Labute approximate surface area is 155 Å². The van der Waals surface area contributed by atoms with Crippen molar-refractivity contribution in [2.75, 3.05) is 0 Å². The number of amides is 1. The third-order valence-electron chi connectivity index (χ3n) is 5.17. The van der Waals surface area contributed by atoms with Crippen molar-refractivity contribution in [2.24, 2.45) is 0 Å². The number of H-pyrrole nitrogens is 1. The Balaban J connectivity index is 1.60. The van der Waals surface area contributed by atoms with Gasteiger partial charge in [0.1, 0.15) is 11.6 Å². The van der Waals surface area contributed by atoms with Gasteiger partial charge in [-0.05, 0) is 28.8 Å². The molecule has 1 unspecified atom stereocenters. The van der Waals surface area contributed by atoms with Crippen molar-refractivity contribution < 1.29 is 9.59 Å². The van der Waals surface area contributed by atoms with E-state index in [1.54, 1.807) is 18.5 Å². The molecule has 5 nitrogen and oxygen atoms in total. The van der Waals surface area contributed by atoms with E-state index in [2.05, 4.69) is 21.2 Å². The van der Waals surface area contributed by atoms with Gasteiger partial charge in [-0.25, -0.2) is 9.78 Å². The van der Waals surface area contributed by atoms with E-state index in [0.29, 0.717) is 23.2 Å². The highest BCUT2D eigenvalue weighted by Crippen LogP contribution is 2.46. The van der Waals surface area contributed by atoms with Crippen molar-refractivity contribution in [3.8, 4) is 0 Å². The van der Waals surface area contributed by atoms with Crippen LogP contribution in [-0.4, -0.2) is 21.8 Å². The van der Waals surface area contributed by atoms with Gasteiger partial charge in [0.05, 0.1) is 11.6 Å². The Morgan fingerprint density at radius 1 is 1.22 bits per heavy atom. The van der Waals surface area contributed by atoms with Gasteiger partial charge in [-0.15, -0.1) is 0 Å². The Morgan fingerprint density at radius 2 is 2.11 bits per heavy atom. The predicted molar refractivity (Wildman–Crippen MR) is 103 cm³/mol. The first-order valence-electron chi connectivity index (χ1n) is 8.75. The van der Waals surface area contributed by atoms with Gasteiger partial charge in [0, 0.05) is 35.3 Å². The molecule has 3 aromatic rings. The summed E-state index contributed by atoms with van der Waals surface area (Å²) in [6, 6.07) is 11.1. The molecule has 2 N–H and O–H groups in total. The van der Waals surface area contributed by atoms with E-state index in [4.69, 9.17) is 0 Å². The van der Waals surface area contributed by atoms with E-state index in [1.165, 1.54) is 0 Å². The molecule has 0 spiro atoms. The average Bonchev–Trinajstić information content (AvgIpc) is 3.31. The van der Waals surface area contributed by atoms with Crippen LogP contribution in [0.1, 0.15) is 33.9 Å². The van der Waals surface area contributed by atoms with E-state index >= 15 is 0 Å². The molecule has 0 fully saturated rings. The SMILES string of the molecule is O=C=C1CC=CC2=C1c1ccccc1C2NC(=O)c1ccnc2[nH]ccc12. The van der Waals surface area contributed by atoms with E-state index in [0.717, 1.165) is 27.7 Å². The number of fused-ring (bicyclic) bond motifs is 3. The zero-order chi connectivity index (χ0) is 18.4. The molecule has 0 aliphatic heterocycles. The second kappa shape index (κ2) is 5.94. The second-order valence-corrected chi connectivity index (χ2v) is 6.61. The highest BCUT2D eigenvalue weighted by Gasteiger charge is 2.34. The van der Waals surface area contributed by atoms with Crippen LogP contribution in [-0.2, 0) is 4.79 Å². The number of rotatable bonds is 2. The van der Waals surface area contributed by atoms with Gasteiger partial charge < -0.3 is 10.3 Å². The van der Waals surface area contributed by atoms with Crippen LogP contribution in [0.15, 0.2) is 72.1 Å². The fourth-order valence-electron chi connectivity index (χ4n) is 3.98. The lowest BCUT2D eigenvalue weighted by Crippen LogP contribution is -2.28. The fraction of sp³-hybridized carbons (Fsp3) is 0.0909. The zero-order valence-corrected chi connectivity index (χ0v) is 14.3. The monoisotopic (exact) mass is 353 g/mol. The molecule has 0 saturated heterocycles. The van der Waals surface area contributed by atoms with Crippen LogP contribution < -0.4 is 5.32 Å².